The topological polar surface area (TPSA) is 74.7 Å². The second-order valence-corrected chi connectivity index (χ2v) is 9.74. The number of carbonyl (C=O) groups excluding carboxylic acids is 2. The van der Waals surface area contributed by atoms with Crippen molar-refractivity contribution in [2.24, 2.45) is 5.92 Å². The van der Waals surface area contributed by atoms with Crippen LogP contribution in [0.25, 0.3) is 0 Å². The fraction of sp³-hybridized carbons (Fsp3) is 0.300. The summed E-state index contributed by atoms with van der Waals surface area (Å²) in [6.45, 7) is 2.88. The van der Waals surface area contributed by atoms with E-state index in [0.717, 1.165) is 41.6 Å². The van der Waals surface area contributed by atoms with Crippen molar-refractivity contribution in [1.82, 2.24) is 9.60 Å². The van der Waals surface area contributed by atoms with E-state index in [0.29, 0.717) is 35.6 Å². The molecular formula is C30H33N2O4+. The molecule has 3 aromatic carbocycles. The van der Waals surface area contributed by atoms with Crippen LogP contribution in [0.4, 0.5) is 5.69 Å². The van der Waals surface area contributed by atoms with Gasteiger partial charge in [-0.25, -0.2) is 4.79 Å². The molecule has 0 heterocycles. The summed E-state index contributed by atoms with van der Waals surface area (Å²) < 4.78 is 0.348. The Bertz CT molecular complexity index is 1240. The van der Waals surface area contributed by atoms with Crippen LogP contribution in [-0.2, 0) is 29.0 Å². The molecule has 0 radical (unpaired) electrons. The first-order chi connectivity index (χ1) is 17.3. The molecule has 0 spiro atoms. The fourth-order valence-corrected chi connectivity index (χ4v) is 5.45. The van der Waals surface area contributed by atoms with E-state index in [1.807, 2.05) is 47.5 Å². The molecule has 0 saturated carbocycles. The molecule has 0 saturated heterocycles. The number of quaternary nitrogens is 1. The van der Waals surface area contributed by atoms with Crippen molar-refractivity contribution in [3.05, 3.63) is 101 Å². The lowest BCUT2D eigenvalue weighted by molar-refractivity contribution is -0.144. The van der Waals surface area contributed by atoms with Crippen LogP contribution in [0.5, 0.6) is 0 Å². The molecule has 1 N–H and O–H groups in total. The molecule has 0 fully saturated rings. The lowest BCUT2D eigenvalue weighted by atomic mass is 9.79. The van der Waals surface area contributed by atoms with Crippen molar-refractivity contribution in [3.8, 4) is 0 Å². The first-order valence-electron chi connectivity index (χ1n) is 12.4. The number of carboxylic acids is 1. The number of benzene rings is 3. The van der Waals surface area contributed by atoms with E-state index in [4.69, 9.17) is 0 Å². The van der Waals surface area contributed by atoms with Crippen molar-refractivity contribution in [3.63, 3.8) is 0 Å². The zero-order valence-corrected chi connectivity index (χ0v) is 20.9. The maximum Gasteiger partial charge on any atom is 0.377 e. The highest BCUT2D eigenvalue weighted by Crippen LogP contribution is 2.32. The molecule has 0 bridgehead atoms. The van der Waals surface area contributed by atoms with Crippen LogP contribution in [0.2, 0.25) is 0 Å². The molecule has 6 heteroatoms. The number of fused-ring (bicyclic) bond motifs is 1. The minimum Gasteiger partial charge on any atom is -0.475 e. The van der Waals surface area contributed by atoms with E-state index in [-0.39, 0.29) is 5.91 Å². The SMILES string of the molecule is CC(=O)N(CCC1CCc2c(cccc2C(=O)C(=O)O)C1)[N+](C)(Cc1ccccc1)c1ccccc1. The summed E-state index contributed by atoms with van der Waals surface area (Å²) in [5, 5.41) is 11.1. The van der Waals surface area contributed by atoms with E-state index < -0.39 is 11.8 Å². The fourth-order valence-electron chi connectivity index (χ4n) is 5.45. The largest absolute Gasteiger partial charge is 0.475 e. The summed E-state index contributed by atoms with van der Waals surface area (Å²) in [5.41, 5.74) is 4.40. The molecule has 36 heavy (non-hydrogen) atoms. The van der Waals surface area contributed by atoms with Crippen molar-refractivity contribution in [1.29, 1.82) is 0 Å². The van der Waals surface area contributed by atoms with E-state index >= 15 is 0 Å². The molecule has 1 aliphatic carbocycles. The normalized spacial score (nSPS) is 16.4. The van der Waals surface area contributed by atoms with Gasteiger partial charge in [0.15, 0.2) is 5.69 Å². The van der Waals surface area contributed by atoms with Crippen LogP contribution < -0.4 is 4.59 Å². The maximum absolute atomic E-state index is 13.0. The van der Waals surface area contributed by atoms with Crippen LogP contribution in [0.15, 0.2) is 78.9 Å². The first kappa shape index (κ1) is 25.3. The first-order valence-corrected chi connectivity index (χ1v) is 12.4. The van der Waals surface area contributed by atoms with Gasteiger partial charge in [-0.2, -0.15) is 9.60 Å². The quantitative estimate of drug-likeness (QED) is 0.199. The molecule has 6 nitrogen and oxygen atoms in total. The Kier molecular flexibility index (Phi) is 7.65. The van der Waals surface area contributed by atoms with Crippen LogP contribution in [0, 0.1) is 5.92 Å². The van der Waals surface area contributed by atoms with Crippen molar-refractivity contribution in [2.45, 2.75) is 39.2 Å². The highest BCUT2D eigenvalue weighted by Gasteiger charge is 2.36. The second kappa shape index (κ2) is 10.9. The monoisotopic (exact) mass is 485 g/mol. The van der Waals surface area contributed by atoms with Crippen LogP contribution >= 0.6 is 0 Å². The van der Waals surface area contributed by atoms with E-state index in [1.54, 1.807) is 19.1 Å². The highest BCUT2D eigenvalue weighted by molar-refractivity contribution is 6.40. The van der Waals surface area contributed by atoms with Gasteiger partial charge in [-0.15, -0.1) is 0 Å². The molecule has 1 amide bonds. The number of rotatable bonds is 9. The number of para-hydroxylation sites is 1. The molecular weight excluding hydrogens is 452 g/mol. The third kappa shape index (κ3) is 5.39. The van der Waals surface area contributed by atoms with Gasteiger partial charge in [0.1, 0.15) is 6.54 Å². The number of amides is 1. The summed E-state index contributed by atoms with van der Waals surface area (Å²) in [6.07, 6.45) is 3.13. The summed E-state index contributed by atoms with van der Waals surface area (Å²) in [7, 11) is 2.09. The second-order valence-electron chi connectivity index (χ2n) is 9.74. The number of hydrogen-bond donors (Lipinski definition) is 1. The Morgan fingerprint density at radius 2 is 1.61 bits per heavy atom. The van der Waals surface area contributed by atoms with Crippen LogP contribution in [-0.4, -0.2) is 41.4 Å². The predicted octanol–water partition coefficient (Wildman–Crippen LogP) is 5.05. The minimum atomic E-state index is -1.42. The number of carbonyl (C=O) groups is 3. The number of hydrogen-bond acceptors (Lipinski definition) is 3. The van der Waals surface area contributed by atoms with Crippen molar-refractivity contribution >= 4 is 23.3 Å². The van der Waals surface area contributed by atoms with Gasteiger partial charge in [-0.05, 0) is 42.7 Å². The third-order valence-corrected chi connectivity index (χ3v) is 7.31. The smallest absolute Gasteiger partial charge is 0.377 e. The summed E-state index contributed by atoms with van der Waals surface area (Å²) >= 11 is 0. The standard InChI is InChI=1S/C30H32N2O4/c1-22(33)31(32(2,26-13-7-4-8-14-26)21-24-10-5-3-6-11-24)19-18-23-16-17-27-25(20-23)12-9-15-28(27)29(34)30(35)36/h3-15,23H,16-21H2,1-2H3/p+1. The minimum absolute atomic E-state index is 0.0165. The van der Waals surface area contributed by atoms with Gasteiger partial charge in [0.2, 0.25) is 0 Å². The van der Waals surface area contributed by atoms with Gasteiger partial charge in [0.05, 0.1) is 13.6 Å². The zero-order chi connectivity index (χ0) is 25.7. The van der Waals surface area contributed by atoms with Gasteiger partial charge in [-0.3, -0.25) is 9.59 Å². The number of aliphatic carboxylic acids is 1. The summed E-state index contributed by atoms with van der Waals surface area (Å²) in [4.78, 5) is 36.4. The predicted molar refractivity (Wildman–Crippen MR) is 140 cm³/mol. The summed E-state index contributed by atoms with van der Waals surface area (Å²) in [6, 6.07) is 25.7. The number of ketones is 1. The number of nitrogens with zero attached hydrogens (tertiary/aromatic N) is 2. The Hall–Kier alpha value is -3.77. The van der Waals surface area contributed by atoms with E-state index in [2.05, 4.69) is 31.3 Å². The lowest BCUT2D eigenvalue weighted by Crippen LogP contribution is -2.60. The van der Waals surface area contributed by atoms with Crippen LogP contribution in [0.3, 0.4) is 0 Å². The molecule has 2 unspecified atom stereocenters. The third-order valence-electron chi connectivity index (χ3n) is 7.31. The van der Waals surface area contributed by atoms with Gasteiger partial charge in [0, 0.05) is 30.2 Å². The van der Waals surface area contributed by atoms with Crippen molar-refractivity contribution < 1.29 is 19.5 Å². The number of Topliss-reactive ketones (excluding diaryl/α,β-unsaturated/α-hetero) is 1. The molecule has 1 aliphatic rings. The Morgan fingerprint density at radius 1 is 0.944 bits per heavy atom. The Labute approximate surface area is 212 Å². The maximum atomic E-state index is 13.0. The Balaban J connectivity index is 1.55. The molecule has 186 valence electrons. The molecule has 3 aromatic rings. The molecule has 2 atom stereocenters. The molecule has 0 aliphatic heterocycles. The Morgan fingerprint density at radius 3 is 2.25 bits per heavy atom. The van der Waals surface area contributed by atoms with E-state index in [1.165, 1.54) is 0 Å². The number of carboxylic acid groups (broad SMARTS) is 1. The van der Waals surface area contributed by atoms with Gasteiger partial charge in [0.25, 0.3) is 11.7 Å². The average molecular weight is 486 g/mol. The highest BCUT2D eigenvalue weighted by atomic mass is 16.4. The molecule has 0 aromatic heterocycles. The van der Waals surface area contributed by atoms with Gasteiger partial charge < -0.3 is 5.11 Å². The molecule has 4 rings (SSSR count). The lowest BCUT2D eigenvalue weighted by Gasteiger charge is -2.42. The van der Waals surface area contributed by atoms with E-state index in [9.17, 15) is 19.5 Å². The summed E-state index contributed by atoms with van der Waals surface area (Å²) in [5.74, 6) is -1.90. The van der Waals surface area contributed by atoms with Gasteiger partial charge >= 0.3 is 5.97 Å². The average Bonchev–Trinajstić information content (AvgIpc) is 2.88. The van der Waals surface area contributed by atoms with Crippen LogP contribution in [0.1, 0.15) is 46.8 Å². The van der Waals surface area contributed by atoms with Gasteiger partial charge in [-0.1, -0.05) is 66.7 Å². The zero-order valence-electron chi connectivity index (χ0n) is 20.9. The van der Waals surface area contributed by atoms with Crippen molar-refractivity contribution in [2.75, 3.05) is 13.6 Å².